The molecule has 0 spiro atoms. The van der Waals surface area contributed by atoms with Gasteiger partial charge in [-0.2, -0.15) is 0 Å². The molecule has 4 N–H and O–H groups in total. The molecular formula is C16H24N4O2. The molecule has 0 aromatic heterocycles. The van der Waals surface area contributed by atoms with Gasteiger partial charge in [0.05, 0.1) is 6.04 Å². The maximum atomic E-state index is 12.2. The van der Waals surface area contributed by atoms with Gasteiger partial charge in [0.25, 0.3) is 0 Å². The SMILES string of the molecule is CCNC(=O)N1CCC(NC(=O)[C@@H](N)Cc2ccccc2)C1. The second-order valence-corrected chi connectivity index (χ2v) is 5.57. The van der Waals surface area contributed by atoms with Crippen molar-refractivity contribution in [1.82, 2.24) is 15.5 Å². The van der Waals surface area contributed by atoms with Crippen molar-refractivity contribution in [2.75, 3.05) is 19.6 Å². The molecule has 1 aromatic rings. The fourth-order valence-corrected chi connectivity index (χ4v) is 2.59. The largest absolute Gasteiger partial charge is 0.350 e. The zero-order valence-corrected chi connectivity index (χ0v) is 12.9. The van der Waals surface area contributed by atoms with E-state index in [-0.39, 0.29) is 18.0 Å². The van der Waals surface area contributed by atoms with Gasteiger partial charge in [0.1, 0.15) is 0 Å². The molecule has 1 aliphatic rings. The van der Waals surface area contributed by atoms with Crippen molar-refractivity contribution in [3.8, 4) is 0 Å². The van der Waals surface area contributed by atoms with Crippen molar-refractivity contribution in [2.24, 2.45) is 5.73 Å². The Morgan fingerprint density at radius 3 is 2.77 bits per heavy atom. The van der Waals surface area contributed by atoms with E-state index >= 15 is 0 Å². The molecule has 0 aliphatic carbocycles. The van der Waals surface area contributed by atoms with Gasteiger partial charge < -0.3 is 21.3 Å². The summed E-state index contributed by atoms with van der Waals surface area (Å²) >= 11 is 0. The van der Waals surface area contributed by atoms with Gasteiger partial charge in [0.15, 0.2) is 0 Å². The van der Waals surface area contributed by atoms with Gasteiger partial charge in [-0.3, -0.25) is 4.79 Å². The first kappa shape index (κ1) is 16.3. The first-order valence-electron chi connectivity index (χ1n) is 7.72. The van der Waals surface area contributed by atoms with Crippen LogP contribution in [-0.4, -0.2) is 48.6 Å². The van der Waals surface area contributed by atoms with Crippen LogP contribution in [0.25, 0.3) is 0 Å². The Bertz CT molecular complexity index is 506. The highest BCUT2D eigenvalue weighted by Gasteiger charge is 2.28. The van der Waals surface area contributed by atoms with E-state index in [0.717, 1.165) is 12.0 Å². The van der Waals surface area contributed by atoms with Crippen LogP contribution >= 0.6 is 0 Å². The van der Waals surface area contributed by atoms with Crippen LogP contribution < -0.4 is 16.4 Å². The molecule has 6 heteroatoms. The van der Waals surface area contributed by atoms with Crippen LogP contribution in [0.4, 0.5) is 4.79 Å². The van der Waals surface area contributed by atoms with Crippen LogP contribution in [0, 0.1) is 0 Å². The van der Waals surface area contributed by atoms with Crippen LogP contribution in [0.5, 0.6) is 0 Å². The first-order chi connectivity index (χ1) is 10.6. The van der Waals surface area contributed by atoms with Crippen LogP contribution in [0.3, 0.4) is 0 Å². The number of likely N-dealkylation sites (tertiary alicyclic amines) is 1. The van der Waals surface area contributed by atoms with Crippen molar-refractivity contribution in [2.45, 2.75) is 31.8 Å². The Labute approximate surface area is 131 Å². The molecule has 22 heavy (non-hydrogen) atoms. The second-order valence-electron chi connectivity index (χ2n) is 5.57. The number of rotatable bonds is 5. The smallest absolute Gasteiger partial charge is 0.317 e. The number of amides is 3. The first-order valence-corrected chi connectivity index (χ1v) is 7.72. The average molecular weight is 304 g/mol. The lowest BCUT2D eigenvalue weighted by atomic mass is 10.1. The van der Waals surface area contributed by atoms with Crippen LogP contribution in [-0.2, 0) is 11.2 Å². The number of benzene rings is 1. The van der Waals surface area contributed by atoms with E-state index < -0.39 is 6.04 Å². The van der Waals surface area contributed by atoms with Crippen molar-refractivity contribution in [1.29, 1.82) is 0 Å². The van der Waals surface area contributed by atoms with E-state index in [9.17, 15) is 9.59 Å². The summed E-state index contributed by atoms with van der Waals surface area (Å²) in [5.74, 6) is -0.161. The molecule has 120 valence electrons. The lowest BCUT2D eigenvalue weighted by molar-refractivity contribution is -0.122. The topological polar surface area (TPSA) is 87.5 Å². The Morgan fingerprint density at radius 1 is 1.36 bits per heavy atom. The Balaban J connectivity index is 1.79. The minimum absolute atomic E-state index is 0.0167. The maximum absolute atomic E-state index is 12.2. The summed E-state index contributed by atoms with van der Waals surface area (Å²) in [4.78, 5) is 25.6. The molecule has 1 aromatic carbocycles. The predicted octanol–water partition coefficient (Wildman–Crippen LogP) is 0.476. The molecule has 3 amide bonds. The van der Waals surface area contributed by atoms with Gasteiger partial charge in [0, 0.05) is 25.7 Å². The summed E-state index contributed by atoms with van der Waals surface area (Å²) in [6.07, 6.45) is 1.28. The molecule has 1 unspecified atom stereocenters. The second kappa shape index (κ2) is 7.79. The predicted molar refractivity (Wildman–Crippen MR) is 85.3 cm³/mol. The molecule has 6 nitrogen and oxygen atoms in total. The summed E-state index contributed by atoms with van der Waals surface area (Å²) in [6, 6.07) is 9.05. The number of nitrogens with zero attached hydrogens (tertiary/aromatic N) is 1. The van der Waals surface area contributed by atoms with E-state index in [4.69, 9.17) is 5.73 Å². The highest BCUT2D eigenvalue weighted by molar-refractivity contribution is 5.82. The van der Waals surface area contributed by atoms with Gasteiger partial charge in [-0.05, 0) is 25.3 Å². The third-order valence-corrected chi connectivity index (χ3v) is 3.79. The lowest BCUT2D eigenvalue weighted by Gasteiger charge is -2.19. The van der Waals surface area contributed by atoms with E-state index in [2.05, 4.69) is 10.6 Å². The van der Waals surface area contributed by atoms with Crippen molar-refractivity contribution >= 4 is 11.9 Å². The number of hydrogen-bond donors (Lipinski definition) is 3. The summed E-state index contributed by atoms with van der Waals surface area (Å²) in [6.45, 7) is 3.68. The molecule has 1 saturated heterocycles. The molecule has 2 rings (SSSR count). The summed E-state index contributed by atoms with van der Waals surface area (Å²) < 4.78 is 0. The van der Waals surface area contributed by atoms with Gasteiger partial charge in [-0.25, -0.2) is 4.79 Å². The molecule has 1 heterocycles. The van der Waals surface area contributed by atoms with Gasteiger partial charge in [-0.15, -0.1) is 0 Å². The lowest BCUT2D eigenvalue weighted by Crippen LogP contribution is -2.48. The number of hydrogen-bond acceptors (Lipinski definition) is 3. The van der Waals surface area contributed by atoms with Crippen LogP contribution in [0.1, 0.15) is 18.9 Å². The molecule has 2 atom stereocenters. The summed E-state index contributed by atoms with van der Waals surface area (Å²) in [7, 11) is 0. The normalized spacial score (nSPS) is 18.8. The monoisotopic (exact) mass is 304 g/mol. The molecule has 1 aliphatic heterocycles. The zero-order chi connectivity index (χ0) is 15.9. The van der Waals surface area contributed by atoms with Crippen molar-refractivity contribution < 1.29 is 9.59 Å². The van der Waals surface area contributed by atoms with E-state index in [0.29, 0.717) is 26.1 Å². The fraction of sp³-hybridized carbons (Fsp3) is 0.500. The Kier molecular flexibility index (Phi) is 5.77. The van der Waals surface area contributed by atoms with E-state index in [1.165, 1.54) is 0 Å². The number of carbonyl (C=O) groups is 2. The van der Waals surface area contributed by atoms with E-state index in [1.807, 2.05) is 37.3 Å². The number of carbonyl (C=O) groups excluding carboxylic acids is 2. The summed E-state index contributed by atoms with van der Waals surface area (Å²) in [5.41, 5.74) is 7.01. The van der Waals surface area contributed by atoms with E-state index in [1.54, 1.807) is 4.90 Å². The summed E-state index contributed by atoms with van der Waals surface area (Å²) in [5, 5.41) is 5.71. The fourth-order valence-electron chi connectivity index (χ4n) is 2.59. The Hall–Kier alpha value is -2.08. The number of nitrogens with one attached hydrogen (secondary N) is 2. The number of nitrogens with two attached hydrogens (primary N) is 1. The van der Waals surface area contributed by atoms with Crippen LogP contribution in [0.2, 0.25) is 0 Å². The number of urea groups is 1. The molecule has 1 fully saturated rings. The third kappa shape index (κ3) is 4.46. The minimum atomic E-state index is -0.569. The quantitative estimate of drug-likeness (QED) is 0.739. The molecule has 0 saturated carbocycles. The zero-order valence-electron chi connectivity index (χ0n) is 12.9. The van der Waals surface area contributed by atoms with Crippen molar-refractivity contribution in [3.05, 3.63) is 35.9 Å². The van der Waals surface area contributed by atoms with Crippen molar-refractivity contribution in [3.63, 3.8) is 0 Å². The minimum Gasteiger partial charge on any atom is -0.350 e. The molecule has 0 radical (unpaired) electrons. The highest BCUT2D eigenvalue weighted by atomic mass is 16.2. The molecular weight excluding hydrogens is 280 g/mol. The molecule has 0 bridgehead atoms. The van der Waals surface area contributed by atoms with Crippen LogP contribution in [0.15, 0.2) is 30.3 Å². The average Bonchev–Trinajstić information content (AvgIpc) is 2.97. The van der Waals surface area contributed by atoms with Gasteiger partial charge in [-0.1, -0.05) is 30.3 Å². The standard InChI is InChI=1S/C16H24N4O2/c1-2-18-16(22)20-9-8-13(11-20)19-15(21)14(17)10-12-6-4-3-5-7-12/h3-7,13-14H,2,8-11,17H2,1H3,(H,18,22)(H,19,21)/t13?,14-/m0/s1. The Morgan fingerprint density at radius 2 is 2.09 bits per heavy atom. The van der Waals surface area contributed by atoms with Gasteiger partial charge in [0.2, 0.25) is 5.91 Å². The highest BCUT2D eigenvalue weighted by Crippen LogP contribution is 2.10. The van der Waals surface area contributed by atoms with Gasteiger partial charge >= 0.3 is 6.03 Å². The maximum Gasteiger partial charge on any atom is 0.317 e. The third-order valence-electron chi connectivity index (χ3n) is 3.79.